The second-order valence-electron chi connectivity index (χ2n) is 11.8. The topological polar surface area (TPSA) is 190 Å². The summed E-state index contributed by atoms with van der Waals surface area (Å²) in [5.41, 5.74) is -28.9. The number of hydrogen-bond acceptors (Lipinski definition) is 8. The van der Waals surface area contributed by atoms with Crippen LogP contribution in [0.15, 0.2) is 41.5 Å². The van der Waals surface area contributed by atoms with Gasteiger partial charge in [-0.15, -0.1) is 0 Å². The zero-order chi connectivity index (χ0) is 44.3. The summed E-state index contributed by atoms with van der Waals surface area (Å²) in [4.78, 5) is 0. The molecule has 0 aliphatic heterocycles. The Kier molecular flexibility index (Phi) is 9.90. The molecule has 0 saturated carbocycles. The molecule has 3 aromatic carbocycles. The van der Waals surface area contributed by atoms with Crippen molar-refractivity contribution in [2.75, 3.05) is 0 Å². The largest absolute Gasteiger partial charge is 0.417 e. The number of fused-ring (bicyclic) bond motifs is 2. The number of hydrogen-bond donors (Lipinski definition) is 0. The van der Waals surface area contributed by atoms with Crippen molar-refractivity contribution in [2.24, 2.45) is 0 Å². The SMILES string of the molecule is N#CC(C#N)=C1C(c2cc(C(F)(F)F)c(C#N)c(C(F)(F)F)c2)=C(C#N)c2c1cc1c(c2F)C(=C(C#N)C#N)C(c2cc(C(F)(F)F)c(C#N)c(C(F)(F)F)c2)=C1C#N. The average Bonchev–Trinajstić information content (AvgIpc) is 3.66. The van der Waals surface area contributed by atoms with Crippen LogP contribution in [0.1, 0.15) is 66.8 Å². The number of benzene rings is 3. The first-order chi connectivity index (χ1) is 27.4. The summed E-state index contributed by atoms with van der Waals surface area (Å²) < 4.78 is 187. The molecule has 0 saturated heterocycles. The third-order valence-corrected chi connectivity index (χ3v) is 8.78. The minimum atomic E-state index is -5.72. The van der Waals surface area contributed by atoms with Gasteiger partial charge in [-0.05, 0) is 47.0 Å². The number of nitriles is 8. The van der Waals surface area contributed by atoms with Crippen molar-refractivity contribution in [3.8, 4) is 48.6 Å². The van der Waals surface area contributed by atoms with E-state index in [1.165, 1.54) is 36.4 Å². The molecule has 0 spiro atoms. The fraction of sp³-hybridized carbons (Fsp3) is 0.105. The number of rotatable bonds is 2. The molecule has 0 unspecified atom stereocenters. The summed E-state index contributed by atoms with van der Waals surface area (Å²) in [5, 5.41) is 78.6. The molecule has 288 valence electrons. The van der Waals surface area contributed by atoms with E-state index in [0.29, 0.717) is 6.07 Å². The van der Waals surface area contributed by atoms with Gasteiger partial charge < -0.3 is 0 Å². The number of nitrogens with zero attached hydrogens (tertiary/aromatic N) is 8. The average molecular weight is 820 g/mol. The Bertz CT molecular complexity index is 2860. The van der Waals surface area contributed by atoms with E-state index < -0.39 is 142 Å². The van der Waals surface area contributed by atoms with Crippen LogP contribution in [0.3, 0.4) is 0 Å². The Morgan fingerprint density at radius 2 is 0.746 bits per heavy atom. The molecular weight excluding hydrogens is 815 g/mol. The van der Waals surface area contributed by atoms with Crippen LogP contribution in [-0.2, 0) is 24.7 Å². The van der Waals surface area contributed by atoms with Gasteiger partial charge in [0.2, 0.25) is 0 Å². The Hall–Kier alpha value is -8.37. The monoisotopic (exact) mass is 820 g/mol. The Labute approximate surface area is 319 Å². The second kappa shape index (κ2) is 14.0. The second-order valence-corrected chi connectivity index (χ2v) is 11.8. The minimum Gasteiger partial charge on any atom is -0.206 e. The van der Waals surface area contributed by atoms with E-state index in [4.69, 9.17) is 0 Å². The fourth-order valence-corrected chi connectivity index (χ4v) is 6.60. The molecule has 0 atom stereocenters. The summed E-state index contributed by atoms with van der Waals surface area (Å²) in [5.74, 6) is -1.90. The molecule has 0 fully saturated rings. The Morgan fingerprint density at radius 3 is 1.05 bits per heavy atom. The van der Waals surface area contributed by atoms with Gasteiger partial charge in [0.05, 0.1) is 44.5 Å². The highest BCUT2D eigenvalue weighted by molar-refractivity contribution is 6.30. The van der Waals surface area contributed by atoms with Gasteiger partial charge in [0, 0.05) is 39.0 Å². The fourth-order valence-electron chi connectivity index (χ4n) is 6.60. The molecule has 3 aromatic rings. The van der Waals surface area contributed by atoms with Crippen LogP contribution in [-0.4, -0.2) is 0 Å². The maximum absolute atomic E-state index is 17.3. The van der Waals surface area contributed by atoms with Crippen LogP contribution in [0, 0.1) is 96.5 Å². The summed E-state index contributed by atoms with van der Waals surface area (Å²) in [6, 6.07) is 9.63. The Morgan fingerprint density at radius 1 is 0.407 bits per heavy atom. The predicted octanol–water partition coefficient (Wildman–Crippen LogP) is 10.1. The molecular formula is C38H5F13N8. The zero-order valence-electron chi connectivity index (χ0n) is 27.9. The van der Waals surface area contributed by atoms with Crippen LogP contribution in [0.25, 0.3) is 33.4 Å². The first kappa shape index (κ1) is 41.8. The van der Waals surface area contributed by atoms with Crippen LogP contribution in [0.5, 0.6) is 0 Å². The first-order valence-corrected chi connectivity index (χ1v) is 15.1. The molecule has 2 aliphatic rings. The van der Waals surface area contributed by atoms with Crippen molar-refractivity contribution in [2.45, 2.75) is 24.7 Å². The molecule has 0 aromatic heterocycles. The van der Waals surface area contributed by atoms with E-state index >= 15 is 4.39 Å². The molecule has 0 bridgehead atoms. The van der Waals surface area contributed by atoms with Crippen LogP contribution >= 0.6 is 0 Å². The smallest absolute Gasteiger partial charge is 0.206 e. The zero-order valence-corrected chi connectivity index (χ0v) is 27.9. The van der Waals surface area contributed by atoms with Crippen molar-refractivity contribution in [1.82, 2.24) is 0 Å². The highest BCUT2D eigenvalue weighted by Gasteiger charge is 2.47. The third-order valence-electron chi connectivity index (χ3n) is 8.78. The lowest BCUT2D eigenvalue weighted by atomic mass is 9.87. The minimum absolute atomic E-state index is 0.0702. The first-order valence-electron chi connectivity index (χ1n) is 15.1. The molecule has 8 nitrogen and oxygen atoms in total. The predicted molar refractivity (Wildman–Crippen MR) is 170 cm³/mol. The molecule has 2 aliphatic carbocycles. The third kappa shape index (κ3) is 6.50. The maximum atomic E-state index is 17.3. The van der Waals surface area contributed by atoms with Crippen LogP contribution in [0.4, 0.5) is 57.1 Å². The molecule has 0 N–H and O–H groups in total. The number of halogens is 13. The summed E-state index contributed by atoms with van der Waals surface area (Å²) in [7, 11) is 0. The lowest BCUT2D eigenvalue weighted by Crippen LogP contribution is -2.16. The Balaban J connectivity index is 2.05. The standard InChI is InChI=1S/C38H5F13N8/c39-34-32-19(30(16(6-52)7-53)29(23(32)13-59)15-3-26(37(46,47)48)22(12-58)27(4-15)38(49,50)51)5-18-20(10-56)28(31(33(18)34)17(8-54)9-55)14-1-24(35(40,41)42)21(11-57)25(2-14)36(43,44)45/h1-5H. The van der Waals surface area contributed by atoms with Gasteiger partial charge in [-0.2, -0.15) is 94.8 Å². The summed E-state index contributed by atoms with van der Waals surface area (Å²) in [6.07, 6.45) is -22.9. The number of allylic oxidation sites excluding steroid dienone is 8. The quantitative estimate of drug-likeness (QED) is 0.180. The van der Waals surface area contributed by atoms with E-state index in [9.17, 15) is 94.8 Å². The summed E-state index contributed by atoms with van der Waals surface area (Å²) in [6.45, 7) is 0. The van der Waals surface area contributed by atoms with E-state index in [2.05, 4.69) is 0 Å². The lowest BCUT2D eigenvalue weighted by Gasteiger charge is -2.18. The van der Waals surface area contributed by atoms with Crippen LogP contribution in [0.2, 0.25) is 0 Å². The molecule has 5 rings (SSSR count). The van der Waals surface area contributed by atoms with E-state index in [1.54, 1.807) is 0 Å². The van der Waals surface area contributed by atoms with Gasteiger partial charge in [0.25, 0.3) is 0 Å². The van der Waals surface area contributed by atoms with E-state index in [-0.39, 0.29) is 24.3 Å². The normalized spacial score (nSPS) is 13.5. The van der Waals surface area contributed by atoms with Crippen molar-refractivity contribution >= 4 is 33.4 Å². The van der Waals surface area contributed by atoms with Gasteiger partial charge in [-0.25, -0.2) is 4.39 Å². The molecule has 0 amide bonds. The van der Waals surface area contributed by atoms with Crippen LogP contribution < -0.4 is 0 Å². The van der Waals surface area contributed by atoms with Gasteiger partial charge in [-0.3, -0.25) is 0 Å². The lowest BCUT2D eigenvalue weighted by molar-refractivity contribution is -0.145. The van der Waals surface area contributed by atoms with Crippen molar-refractivity contribution < 1.29 is 57.1 Å². The highest BCUT2D eigenvalue weighted by atomic mass is 19.4. The van der Waals surface area contributed by atoms with Gasteiger partial charge in [0.1, 0.15) is 65.5 Å². The van der Waals surface area contributed by atoms with Gasteiger partial charge in [0.15, 0.2) is 0 Å². The summed E-state index contributed by atoms with van der Waals surface area (Å²) >= 11 is 0. The molecule has 59 heavy (non-hydrogen) atoms. The van der Waals surface area contributed by atoms with Crippen molar-refractivity contribution in [1.29, 1.82) is 42.1 Å². The molecule has 0 radical (unpaired) electrons. The van der Waals surface area contributed by atoms with Gasteiger partial charge in [-0.1, -0.05) is 0 Å². The number of alkyl halides is 12. The molecule has 21 heteroatoms. The highest BCUT2D eigenvalue weighted by Crippen LogP contribution is 2.57. The molecule has 0 heterocycles. The maximum Gasteiger partial charge on any atom is 0.417 e. The van der Waals surface area contributed by atoms with E-state index in [1.807, 2.05) is 0 Å². The van der Waals surface area contributed by atoms with Gasteiger partial charge >= 0.3 is 24.7 Å². The van der Waals surface area contributed by atoms with E-state index in [0.717, 1.165) is 12.1 Å². The van der Waals surface area contributed by atoms with Crippen molar-refractivity contribution in [3.05, 3.63) is 114 Å². The van der Waals surface area contributed by atoms with Crippen molar-refractivity contribution in [3.63, 3.8) is 0 Å².